The summed E-state index contributed by atoms with van der Waals surface area (Å²) in [6.07, 6.45) is 5.18. The molecule has 0 spiro atoms. The fraction of sp³-hybridized carbons (Fsp3) is 0.769. The van der Waals surface area contributed by atoms with Crippen molar-refractivity contribution in [3.63, 3.8) is 0 Å². The van der Waals surface area contributed by atoms with E-state index in [2.05, 4.69) is 18.4 Å². The van der Waals surface area contributed by atoms with Gasteiger partial charge in [0.25, 0.3) is 0 Å². The smallest absolute Gasteiger partial charge is 0.127 e. The van der Waals surface area contributed by atoms with Crippen molar-refractivity contribution in [1.29, 1.82) is 0 Å². The van der Waals surface area contributed by atoms with Crippen molar-refractivity contribution < 1.29 is 0 Å². The summed E-state index contributed by atoms with van der Waals surface area (Å²) in [7, 11) is 0. The first-order valence-corrected chi connectivity index (χ1v) is 6.52. The van der Waals surface area contributed by atoms with Gasteiger partial charge in [0.05, 0.1) is 5.69 Å². The predicted octanol–water partition coefficient (Wildman–Crippen LogP) is 2.88. The van der Waals surface area contributed by atoms with Crippen LogP contribution in [0.3, 0.4) is 0 Å². The van der Waals surface area contributed by atoms with Crippen LogP contribution in [-0.4, -0.2) is 9.55 Å². The number of anilines is 1. The molecule has 0 amide bonds. The fourth-order valence-electron chi connectivity index (χ4n) is 2.37. The van der Waals surface area contributed by atoms with Gasteiger partial charge in [-0.25, -0.2) is 4.98 Å². The normalized spacial score (nSPS) is 20.7. The molecule has 2 N–H and O–H groups in total. The molecule has 0 unspecified atom stereocenters. The monoisotopic (exact) mass is 219 g/mol. The molecule has 3 rings (SSSR count). The number of imidazole rings is 1. The minimum atomic E-state index is 0.640. The molecule has 0 radical (unpaired) electrons. The highest BCUT2D eigenvalue weighted by molar-refractivity contribution is 5.43. The summed E-state index contributed by atoms with van der Waals surface area (Å²) in [5.74, 6) is 4.24. The van der Waals surface area contributed by atoms with Crippen LogP contribution in [-0.2, 0) is 6.54 Å². The maximum Gasteiger partial charge on any atom is 0.127 e. The first-order chi connectivity index (χ1) is 7.66. The Labute approximate surface area is 97.0 Å². The number of nitrogens with zero attached hydrogens (tertiary/aromatic N) is 2. The molecular formula is C13H21N3. The zero-order valence-electron chi connectivity index (χ0n) is 10.2. The summed E-state index contributed by atoms with van der Waals surface area (Å²) >= 11 is 0. The molecule has 1 aromatic rings. The third kappa shape index (κ3) is 1.72. The predicted molar refractivity (Wildman–Crippen MR) is 65.4 cm³/mol. The minimum Gasteiger partial charge on any atom is -0.384 e. The lowest BCUT2D eigenvalue weighted by Gasteiger charge is -2.11. The Hall–Kier alpha value is -0.990. The maximum atomic E-state index is 6.26. The Morgan fingerprint density at radius 3 is 2.38 bits per heavy atom. The highest BCUT2D eigenvalue weighted by Crippen LogP contribution is 2.46. The van der Waals surface area contributed by atoms with Crippen molar-refractivity contribution in [1.82, 2.24) is 9.55 Å². The zero-order chi connectivity index (χ0) is 11.3. The highest BCUT2D eigenvalue weighted by Gasteiger charge is 2.35. The lowest BCUT2D eigenvalue weighted by atomic mass is 10.2. The van der Waals surface area contributed by atoms with Crippen LogP contribution in [0, 0.1) is 5.92 Å². The van der Waals surface area contributed by atoms with Gasteiger partial charge in [-0.1, -0.05) is 13.8 Å². The molecule has 2 aliphatic rings. The number of hydrogen-bond acceptors (Lipinski definition) is 2. The van der Waals surface area contributed by atoms with Gasteiger partial charge in [-0.2, -0.15) is 0 Å². The largest absolute Gasteiger partial charge is 0.384 e. The van der Waals surface area contributed by atoms with E-state index >= 15 is 0 Å². The van der Waals surface area contributed by atoms with E-state index in [4.69, 9.17) is 10.7 Å². The zero-order valence-corrected chi connectivity index (χ0v) is 10.2. The third-order valence-corrected chi connectivity index (χ3v) is 3.52. The first-order valence-electron chi connectivity index (χ1n) is 6.52. The summed E-state index contributed by atoms with van der Waals surface area (Å²) in [6, 6.07) is 0. The summed E-state index contributed by atoms with van der Waals surface area (Å²) in [6.45, 7) is 5.51. The number of nitrogen functional groups attached to an aromatic ring is 1. The number of nitrogens with two attached hydrogens (primary N) is 1. The van der Waals surface area contributed by atoms with Crippen LogP contribution in [0.25, 0.3) is 0 Å². The van der Waals surface area contributed by atoms with E-state index in [0.29, 0.717) is 17.8 Å². The van der Waals surface area contributed by atoms with Gasteiger partial charge >= 0.3 is 0 Å². The lowest BCUT2D eigenvalue weighted by molar-refractivity contribution is 0.512. The summed E-state index contributed by atoms with van der Waals surface area (Å²) in [5.41, 5.74) is 7.46. The molecule has 0 aliphatic heterocycles. The van der Waals surface area contributed by atoms with Crippen molar-refractivity contribution in [3.05, 3.63) is 11.5 Å². The Bertz CT molecular complexity index is 398. The highest BCUT2D eigenvalue weighted by atomic mass is 15.2. The minimum absolute atomic E-state index is 0.640. The molecule has 1 heterocycles. The van der Waals surface area contributed by atoms with Gasteiger partial charge in [0.1, 0.15) is 11.6 Å². The molecule has 2 fully saturated rings. The average molecular weight is 219 g/mol. The molecule has 88 valence electrons. The first kappa shape index (κ1) is 10.2. The van der Waals surface area contributed by atoms with E-state index in [-0.39, 0.29) is 0 Å². The molecule has 3 heteroatoms. The third-order valence-electron chi connectivity index (χ3n) is 3.52. The number of hydrogen-bond donors (Lipinski definition) is 1. The summed E-state index contributed by atoms with van der Waals surface area (Å²) in [5, 5.41) is 0. The molecule has 0 bridgehead atoms. The van der Waals surface area contributed by atoms with Crippen molar-refractivity contribution in [2.45, 2.75) is 57.9 Å². The van der Waals surface area contributed by atoms with Crippen LogP contribution in [0.2, 0.25) is 0 Å². The molecule has 2 aliphatic carbocycles. The van der Waals surface area contributed by atoms with Gasteiger partial charge in [0, 0.05) is 18.4 Å². The molecule has 0 saturated heterocycles. The van der Waals surface area contributed by atoms with Crippen LogP contribution < -0.4 is 5.73 Å². The van der Waals surface area contributed by atoms with E-state index in [1.807, 2.05) is 0 Å². The van der Waals surface area contributed by atoms with Crippen LogP contribution in [0.4, 0.5) is 5.82 Å². The Balaban J connectivity index is 1.97. The van der Waals surface area contributed by atoms with Crippen molar-refractivity contribution in [2.75, 3.05) is 5.73 Å². The second-order valence-electron chi connectivity index (χ2n) is 5.79. The Kier molecular flexibility index (Phi) is 2.23. The van der Waals surface area contributed by atoms with Gasteiger partial charge in [-0.05, 0) is 31.6 Å². The molecule has 3 nitrogen and oxygen atoms in total. The summed E-state index contributed by atoms with van der Waals surface area (Å²) < 4.78 is 2.29. The van der Waals surface area contributed by atoms with Crippen molar-refractivity contribution in [2.24, 2.45) is 5.92 Å². The fourth-order valence-corrected chi connectivity index (χ4v) is 2.37. The van der Waals surface area contributed by atoms with Gasteiger partial charge in [-0.15, -0.1) is 0 Å². The Morgan fingerprint density at radius 2 is 1.88 bits per heavy atom. The van der Waals surface area contributed by atoms with Crippen LogP contribution in [0.5, 0.6) is 0 Å². The van der Waals surface area contributed by atoms with Gasteiger partial charge in [0.2, 0.25) is 0 Å². The van der Waals surface area contributed by atoms with Gasteiger partial charge in [-0.3, -0.25) is 0 Å². The van der Waals surface area contributed by atoms with E-state index in [1.165, 1.54) is 37.2 Å². The molecule has 0 aromatic carbocycles. The topological polar surface area (TPSA) is 43.8 Å². The molecule has 1 aromatic heterocycles. The number of rotatable bonds is 4. The second-order valence-corrected chi connectivity index (χ2v) is 5.79. The van der Waals surface area contributed by atoms with E-state index in [1.54, 1.807) is 0 Å². The van der Waals surface area contributed by atoms with Crippen LogP contribution >= 0.6 is 0 Å². The molecule has 0 atom stereocenters. The number of aromatic nitrogens is 2. The van der Waals surface area contributed by atoms with E-state index in [0.717, 1.165) is 12.4 Å². The molecular weight excluding hydrogens is 198 g/mol. The Morgan fingerprint density at radius 1 is 1.25 bits per heavy atom. The van der Waals surface area contributed by atoms with Gasteiger partial charge in [0.15, 0.2) is 0 Å². The van der Waals surface area contributed by atoms with Crippen LogP contribution in [0.1, 0.15) is 62.9 Å². The summed E-state index contributed by atoms with van der Waals surface area (Å²) in [4.78, 5) is 4.82. The van der Waals surface area contributed by atoms with Crippen LogP contribution in [0.15, 0.2) is 0 Å². The molecule has 16 heavy (non-hydrogen) atoms. The maximum absolute atomic E-state index is 6.26. The standard InChI is InChI=1S/C13H21N3/c1-8(2)7-16-12(14)11(9-3-4-9)15-13(16)10-5-6-10/h8-10H,3-7,14H2,1-2H3. The lowest BCUT2D eigenvalue weighted by Crippen LogP contribution is -2.11. The average Bonchev–Trinajstić information content (AvgIpc) is 3.11. The van der Waals surface area contributed by atoms with E-state index in [9.17, 15) is 0 Å². The van der Waals surface area contributed by atoms with Gasteiger partial charge < -0.3 is 10.3 Å². The van der Waals surface area contributed by atoms with E-state index < -0.39 is 0 Å². The quantitative estimate of drug-likeness (QED) is 0.846. The second kappa shape index (κ2) is 3.51. The van der Waals surface area contributed by atoms with Crippen molar-refractivity contribution >= 4 is 5.82 Å². The SMILES string of the molecule is CC(C)Cn1c(C2CC2)nc(C2CC2)c1N. The molecule has 2 saturated carbocycles. The van der Waals surface area contributed by atoms with Crippen molar-refractivity contribution in [3.8, 4) is 0 Å².